The topological polar surface area (TPSA) is 36.8 Å². The molecule has 0 atom stereocenters. The molecule has 0 rings (SSSR count). The third-order valence-corrected chi connectivity index (χ3v) is 1.01. The summed E-state index contributed by atoms with van der Waals surface area (Å²) in [5.41, 5.74) is 3.68. The number of hydrogen-bond acceptors (Lipinski definition) is 3. The molecule has 12 heavy (non-hydrogen) atoms. The standard InChI is InChI=1S/C9H15N3/c1-5-9(12-11-6-2)10-7-8(3)4/h5-7,12H,3H2,1-2,4H3/b9-5-,10-7-,11-6-. The van der Waals surface area contributed by atoms with Gasteiger partial charge in [-0.15, -0.1) is 0 Å². The molecule has 0 radical (unpaired) electrons. The summed E-state index contributed by atoms with van der Waals surface area (Å²) >= 11 is 0. The zero-order valence-electron chi connectivity index (χ0n) is 7.83. The third-order valence-electron chi connectivity index (χ3n) is 1.01. The van der Waals surface area contributed by atoms with E-state index in [1.54, 1.807) is 12.4 Å². The van der Waals surface area contributed by atoms with Crippen LogP contribution in [-0.2, 0) is 0 Å². The molecule has 0 amide bonds. The molecular formula is C9H15N3. The van der Waals surface area contributed by atoms with E-state index in [9.17, 15) is 0 Å². The van der Waals surface area contributed by atoms with Crippen molar-refractivity contribution in [2.75, 3.05) is 0 Å². The Bertz CT molecular complexity index is 224. The summed E-state index contributed by atoms with van der Waals surface area (Å²) in [5.74, 6) is 0.719. The smallest absolute Gasteiger partial charge is 0.141 e. The number of allylic oxidation sites excluding steroid dienone is 2. The van der Waals surface area contributed by atoms with Gasteiger partial charge in [0.25, 0.3) is 0 Å². The van der Waals surface area contributed by atoms with Gasteiger partial charge in [0.15, 0.2) is 0 Å². The largest absolute Gasteiger partial charge is 0.262 e. The van der Waals surface area contributed by atoms with Gasteiger partial charge in [0, 0.05) is 12.4 Å². The molecule has 0 unspecified atom stereocenters. The minimum absolute atomic E-state index is 0.719. The molecule has 0 fully saturated rings. The van der Waals surface area contributed by atoms with E-state index < -0.39 is 0 Å². The summed E-state index contributed by atoms with van der Waals surface area (Å²) in [6.07, 6.45) is 5.19. The highest BCUT2D eigenvalue weighted by molar-refractivity contribution is 5.77. The molecule has 0 spiro atoms. The normalized spacial score (nSPS) is 12.8. The maximum absolute atomic E-state index is 4.09. The molecule has 0 saturated heterocycles. The minimum Gasteiger partial charge on any atom is -0.262 e. The second-order valence-electron chi connectivity index (χ2n) is 2.28. The van der Waals surface area contributed by atoms with Crippen LogP contribution in [0.2, 0.25) is 0 Å². The monoisotopic (exact) mass is 165 g/mol. The molecule has 0 saturated carbocycles. The molecule has 66 valence electrons. The number of hydrogen-bond donors (Lipinski definition) is 1. The number of hydrazone groups is 1. The number of rotatable bonds is 4. The fraction of sp³-hybridized carbons (Fsp3) is 0.333. The molecule has 0 aromatic rings. The summed E-state index contributed by atoms with van der Waals surface area (Å²) < 4.78 is 0. The van der Waals surface area contributed by atoms with Crippen LogP contribution in [0.25, 0.3) is 0 Å². The zero-order valence-corrected chi connectivity index (χ0v) is 7.83. The van der Waals surface area contributed by atoms with E-state index in [0.717, 1.165) is 11.4 Å². The van der Waals surface area contributed by atoms with Crippen LogP contribution in [0.15, 0.2) is 34.1 Å². The van der Waals surface area contributed by atoms with E-state index in [0.29, 0.717) is 0 Å². The average Bonchev–Trinajstić information content (AvgIpc) is 2.05. The number of aliphatic imine (C=N–C) groups is 1. The van der Waals surface area contributed by atoms with Crippen LogP contribution >= 0.6 is 0 Å². The summed E-state index contributed by atoms with van der Waals surface area (Å²) in [4.78, 5) is 4.09. The molecule has 3 heteroatoms. The SMILES string of the molecule is C=C(C)/C=N\C(=C\C)N/N=C\C. The average molecular weight is 165 g/mol. The molecule has 0 aliphatic heterocycles. The van der Waals surface area contributed by atoms with E-state index in [2.05, 4.69) is 22.1 Å². The van der Waals surface area contributed by atoms with Gasteiger partial charge in [0.1, 0.15) is 5.82 Å². The highest BCUT2D eigenvalue weighted by atomic mass is 15.3. The molecule has 0 heterocycles. The van der Waals surface area contributed by atoms with Gasteiger partial charge in [-0.1, -0.05) is 6.58 Å². The van der Waals surface area contributed by atoms with Crippen molar-refractivity contribution >= 4 is 12.4 Å². The lowest BCUT2D eigenvalue weighted by Crippen LogP contribution is -2.02. The quantitative estimate of drug-likeness (QED) is 0.502. The summed E-state index contributed by atoms with van der Waals surface area (Å²) in [6, 6.07) is 0. The predicted octanol–water partition coefficient (Wildman–Crippen LogP) is 2.09. The Morgan fingerprint density at radius 1 is 1.42 bits per heavy atom. The van der Waals surface area contributed by atoms with Gasteiger partial charge in [0.05, 0.1) is 0 Å². The molecule has 3 nitrogen and oxygen atoms in total. The molecular weight excluding hydrogens is 150 g/mol. The molecule has 0 aliphatic rings. The Kier molecular flexibility index (Phi) is 5.61. The summed E-state index contributed by atoms with van der Waals surface area (Å²) in [5, 5.41) is 3.83. The lowest BCUT2D eigenvalue weighted by atomic mass is 10.4. The van der Waals surface area contributed by atoms with Crippen LogP contribution in [-0.4, -0.2) is 12.4 Å². The first-order valence-corrected chi connectivity index (χ1v) is 3.80. The van der Waals surface area contributed by atoms with Crippen molar-refractivity contribution < 1.29 is 0 Å². The molecule has 1 N–H and O–H groups in total. The van der Waals surface area contributed by atoms with Crippen molar-refractivity contribution in [2.45, 2.75) is 20.8 Å². The lowest BCUT2D eigenvalue weighted by Gasteiger charge is -1.97. The minimum atomic E-state index is 0.719. The third kappa shape index (κ3) is 5.41. The molecule has 0 aliphatic carbocycles. The van der Waals surface area contributed by atoms with Crippen LogP contribution in [0, 0.1) is 0 Å². The first kappa shape index (κ1) is 10.6. The Morgan fingerprint density at radius 3 is 2.50 bits per heavy atom. The van der Waals surface area contributed by atoms with Crippen molar-refractivity contribution in [3.05, 3.63) is 24.0 Å². The first-order chi connectivity index (χ1) is 5.70. The maximum atomic E-state index is 4.09. The van der Waals surface area contributed by atoms with Crippen LogP contribution in [0.1, 0.15) is 20.8 Å². The van der Waals surface area contributed by atoms with Crippen LogP contribution in [0.5, 0.6) is 0 Å². The van der Waals surface area contributed by atoms with Gasteiger partial charge in [-0.25, -0.2) is 4.99 Å². The Hall–Kier alpha value is -1.38. The highest BCUT2D eigenvalue weighted by Crippen LogP contribution is 1.91. The Labute approximate surface area is 73.6 Å². The Morgan fingerprint density at radius 2 is 2.08 bits per heavy atom. The zero-order chi connectivity index (χ0) is 9.40. The van der Waals surface area contributed by atoms with Crippen molar-refractivity contribution in [3.63, 3.8) is 0 Å². The summed E-state index contributed by atoms with van der Waals surface area (Å²) in [7, 11) is 0. The van der Waals surface area contributed by atoms with Crippen LogP contribution < -0.4 is 5.43 Å². The van der Waals surface area contributed by atoms with Crippen LogP contribution in [0.4, 0.5) is 0 Å². The maximum Gasteiger partial charge on any atom is 0.141 e. The number of nitrogens with zero attached hydrogens (tertiary/aromatic N) is 2. The van der Waals surface area contributed by atoms with Gasteiger partial charge in [0.2, 0.25) is 0 Å². The lowest BCUT2D eigenvalue weighted by molar-refractivity contribution is 0.874. The van der Waals surface area contributed by atoms with E-state index in [-0.39, 0.29) is 0 Å². The molecule has 0 aromatic carbocycles. The van der Waals surface area contributed by atoms with E-state index in [1.165, 1.54) is 0 Å². The Balaban J connectivity index is 4.10. The van der Waals surface area contributed by atoms with E-state index >= 15 is 0 Å². The second-order valence-corrected chi connectivity index (χ2v) is 2.28. The van der Waals surface area contributed by atoms with Crippen molar-refractivity contribution in [1.82, 2.24) is 5.43 Å². The van der Waals surface area contributed by atoms with Crippen molar-refractivity contribution in [1.29, 1.82) is 0 Å². The fourth-order valence-corrected chi connectivity index (χ4v) is 0.478. The van der Waals surface area contributed by atoms with Crippen molar-refractivity contribution in [3.8, 4) is 0 Å². The van der Waals surface area contributed by atoms with E-state index in [1.807, 2.05) is 26.8 Å². The molecule has 0 aromatic heterocycles. The van der Waals surface area contributed by atoms with Crippen LogP contribution in [0.3, 0.4) is 0 Å². The van der Waals surface area contributed by atoms with E-state index in [4.69, 9.17) is 0 Å². The van der Waals surface area contributed by atoms with Crippen molar-refractivity contribution in [2.24, 2.45) is 10.1 Å². The number of nitrogens with one attached hydrogen (secondary N) is 1. The highest BCUT2D eigenvalue weighted by Gasteiger charge is 1.85. The predicted molar refractivity (Wildman–Crippen MR) is 54.4 cm³/mol. The van der Waals surface area contributed by atoms with Gasteiger partial charge in [-0.3, -0.25) is 5.43 Å². The molecule has 0 bridgehead atoms. The van der Waals surface area contributed by atoms with Gasteiger partial charge in [-0.2, -0.15) is 5.10 Å². The second kappa shape index (κ2) is 6.34. The fourth-order valence-electron chi connectivity index (χ4n) is 0.478. The van der Waals surface area contributed by atoms with Gasteiger partial charge >= 0.3 is 0 Å². The first-order valence-electron chi connectivity index (χ1n) is 3.80. The van der Waals surface area contributed by atoms with Gasteiger partial charge < -0.3 is 0 Å². The van der Waals surface area contributed by atoms with Gasteiger partial charge in [-0.05, 0) is 32.4 Å². The summed E-state index contributed by atoms with van der Waals surface area (Å²) in [6.45, 7) is 9.32.